The van der Waals surface area contributed by atoms with E-state index in [-0.39, 0.29) is 17.0 Å². The first-order valence-electron chi connectivity index (χ1n) is 5.80. The standard InChI is InChI=1S/C14H14FNO/c1-14(2)6-10-12(11(17)7-14)8-4-3-5-9(15)13(8)16-10/h3-5,16H,6-7H2,1-2H3. The number of benzene rings is 1. The summed E-state index contributed by atoms with van der Waals surface area (Å²) in [5.41, 5.74) is 2.00. The molecule has 0 saturated carbocycles. The van der Waals surface area contributed by atoms with Crippen LogP contribution in [0.25, 0.3) is 10.9 Å². The van der Waals surface area contributed by atoms with Gasteiger partial charge in [-0.25, -0.2) is 4.39 Å². The fraction of sp³-hybridized carbons (Fsp3) is 0.357. The van der Waals surface area contributed by atoms with Crippen LogP contribution in [-0.4, -0.2) is 10.8 Å². The van der Waals surface area contributed by atoms with Crippen molar-refractivity contribution in [2.75, 3.05) is 0 Å². The Bertz CT molecular complexity index is 624. The van der Waals surface area contributed by atoms with E-state index in [9.17, 15) is 9.18 Å². The second-order valence-electron chi connectivity index (χ2n) is 5.58. The number of halogens is 1. The van der Waals surface area contributed by atoms with Crippen LogP contribution in [0.3, 0.4) is 0 Å². The van der Waals surface area contributed by atoms with E-state index < -0.39 is 0 Å². The molecule has 0 atom stereocenters. The zero-order valence-corrected chi connectivity index (χ0v) is 9.93. The molecule has 17 heavy (non-hydrogen) atoms. The third-order valence-electron chi connectivity index (χ3n) is 3.43. The first kappa shape index (κ1) is 10.5. The molecule has 1 aliphatic rings. The molecule has 0 radical (unpaired) electrons. The maximum absolute atomic E-state index is 13.6. The molecule has 3 heteroatoms. The van der Waals surface area contributed by atoms with Crippen LogP contribution in [0.4, 0.5) is 4.39 Å². The quantitative estimate of drug-likeness (QED) is 0.740. The largest absolute Gasteiger partial charge is 0.355 e. The van der Waals surface area contributed by atoms with E-state index >= 15 is 0 Å². The molecule has 88 valence electrons. The predicted octanol–water partition coefficient (Wildman–Crippen LogP) is 3.46. The summed E-state index contributed by atoms with van der Waals surface area (Å²) in [5.74, 6) is -0.171. The minimum absolute atomic E-state index is 0.0402. The molecule has 0 unspecified atom stereocenters. The van der Waals surface area contributed by atoms with Crippen LogP contribution in [0.2, 0.25) is 0 Å². The van der Waals surface area contributed by atoms with Crippen LogP contribution >= 0.6 is 0 Å². The molecule has 1 N–H and O–H groups in total. The Morgan fingerprint density at radius 2 is 2.06 bits per heavy atom. The Kier molecular flexibility index (Phi) is 1.97. The number of aromatic nitrogens is 1. The minimum atomic E-state index is -0.289. The first-order valence-corrected chi connectivity index (χ1v) is 5.80. The normalized spacial score (nSPS) is 18.4. The molecular weight excluding hydrogens is 217 g/mol. The number of Topliss-reactive ketones (excluding diaryl/α,β-unsaturated/α-hetero) is 1. The molecule has 1 heterocycles. The van der Waals surface area contributed by atoms with Gasteiger partial charge in [-0.2, -0.15) is 0 Å². The van der Waals surface area contributed by atoms with Gasteiger partial charge in [0.25, 0.3) is 0 Å². The molecule has 2 aromatic rings. The van der Waals surface area contributed by atoms with Crippen molar-refractivity contribution >= 4 is 16.7 Å². The van der Waals surface area contributed by atoms with Crippen LogP contribution in [0.15, 0.2) is 18.2 Å². The second kappa shape index (κ2) is 3.19. The van der Waals surface area contributed by atoms with Crippen molar-refractivity contribution < 1.29 is 9.18 Å². The van der Waals surface area contributed by atoms with Gasteiger partial charge in [0.2, 0.25) is 0 Å². The number of carbonyl (C=O) groups excluding carboxylic acids is 1. The van der Waals surface area contributed by atoms with Crippen molar-refractivity contribution in [3.05, 3.63) is 35.3 Å². The average Bonchev–Trinajstić information content (AvgIpc) is 2.55. The molecule has 1 aromatic carbocycles. The summed E-state index contributed by atoms with van der Waals surface area (Å²) in [5, 5.41) is 0.723. The maximum Gasteiger partial charge on any atom is 0.165 e. The molecule has 0 spiro atoms. The van der Waals surface area contributed by atoms with Gasteiger partial charge in [-0.15, -0.1) is 0 Å². The van der Waals surface area contributed by atoms with Gasteiger partial charge in [-0.05, 0) is 17.9 Å². The lowest BCUT2D eigenvalue weighted by atomic mass is 9.76. The van der Waals surface area contributed by atoms with Crippen LogP contribution in [0.5, 0.6) is 0 Å². The Labute approximate surface area is 98.8 Å². The average molecular weight is 231 g/mol. The zero-order chi connectivity index (χ0) is 12.2. The summed E-state index contributed by atoms with van der Waals surface area (Å²) < 4.78 is 13.6. The van der Waals surface area contributed by atoms with E-state index in [1.807, 2.05) is 6.07 Å². The number of para-hydroxylation sites is 1. The number of H-pyrrole nitrogens is 1. The number of ketones is 1. The fourth-order valence-electron chi connectivity index (χ4n) is 2.75. The number of hydrogen-bond acceptors (Lipinski definition) is 1. The third-order valence-corrected chi connectivity index (χ3v) is 3.43. The van der Waals surface area contributed by atoms with Crippen molar-refractivity contribution in [2.24, 2.45) is 5.41 Å². The molecule has 0 aliphatic heterocycles. The second-order valence-corrected chi connectivity index (χ2v) is 5.58. The Hall–Kier alpha value is -1.64. The smallest absolute Gasteiger partial charge is 0.165 e. The monoisotopic (exact) mass is 231 g/mol. The SMILES string of the molecule is CC1(C)CC(=O)c2c([nH]c3c(F)cccc23)C1. The van der Waals surface area contributed by atoms with E-state index in [0.717, 1.165) is 17.5 Å². The van der Waals surface area contributed by atoms with E-state index in [2.05, 4.69) is 18.8 Å². The lowest BCUT2D eigenvalue weighted by Gasteiger charge is -2.28. The van der Waals surface area contributed by atoms with Gasteiger partial charge in [0.05, 0.1) is 5.52 Å². The van der Waals surface area contributed by atoms with Gasteiger partial charge < -0.3 is 4.98 Å². The molecule has 1 aromatic heterocycles. The van der Waals surface area contributed by atoms with E-state index in [4.69, 9.17) is 0 Å². The molecule has 1 aliphatic carbocycles. The zero-order valence-electron chi connectivity index (χ0n) is 9.93. The van der Waals surface area contributed by atoms with E-state index in [1.54, 1.807) is 6.07 Å². The Morgan fingerprint density at radius 3 is 2.82 bits per heavy atom. The van der Waals surface area contributed by atoms with Gasteiger partial charge in [0.1, 0.15) is 5.82 Å². The van der Waals surface area contributed by atoms with Gasteiger partial charge in [0, 0.05) is 23.1 Å². The van der Waals surface area contributed by atoms with Crippen LogP contribution < -0.4 is 0 Å². The summed E-state index contributed by atoms with van der Waals surface area (Å²) in [6.45, 7) is 4.13. The first-order chi connectivity index (χ1) is 7.98. The molecule has 0 amide bonds. The highest BCUT2D eigenvalue weighted by Crippen LogP contribution is 2.38. The summed E-state index contributed by atoms with van der Waals surface area (Å²) in [7, 11) is 0. The Balaban J connectivity index is 2.32. The van der Waals surface area contributed by atoms with Gasteiger partial charge in [0.15, 0.2) is 5.78 Å². The van der Waals surface area contributed by atoms with Gasteiger partial charge in [-0.3, -0.25) is 4.79 Å². The van der Waals surface area contributed by atoms with E-state index in [1.165, 1.54) is 6.07 Å². The molecular formula is C14H14FNO. The lowest BCUT2D eigenvalue weighted by Crippen LogP contribution is -2.26. The predicted molar refractivity (Wildman–Crippen MR) is 64.7 cm³/mol. The fourth-order valence-corrected chi connectivity index (χ4v) is 2.75. The number of fused-ring (bicyclic) bond motifs is 3. The van der Waals surface area contributed by atoms with Crippen LogP contribution in [-0.2, 0) is 6.42 Å². The van der Waals surface area contributed by atoms with Gasteiger partial charge in [-0.1, -0.05) is 26.0 Å². The summed E-state index contributed by atoms with van der Waals surface area (Å²) >= 11 is 0. The molecule has 2 nitrogen and oxygen atoms in total. The third kappa shape index (κ3) is 1.49. The molecule has 3 rings (SSSR count). The van der Waals surface area contributed by atoms with Crippen molar-refractivity contribution in [2.45, 2.75) is 26.7 Å². The molecule has 0 bridgehead atoms. The summed E-state index contributed by atoms with van der Waals surface area (Å²) in [4.78, 5) is 15.2. The van der Waals surface area contributed by atoms with Gasteiger partial charge >= 0.3 is 0 Å². The van der Waals surface area contributed by atoms with Crippen LogP contribution in [0.1, 0.15) is 36.3 Å². The topological polar surface area (TPSA) is 32.9 Å². The number of nitrogens with one attached hydrogen (secondary N) is 1. The summed E-state index contributed by atoms with van der Waals surface area (Å²) in [6, 6.07) is 4.88. The van der Waals surface area contributed by atoms with Crippen molar-refractivity contribution in [1.29, 1.82) is 0 Å². The number of hydrogen-bond donors (Lipinski definition) is 1. The molecule has 0 saturated heterocycles. The number of aromatic amines is 1. The van der Waals surface area contributed by atoms with Crippen molar-refractivity contribution in [1.82, 2.24) is 4.98 Å². The highest BCUT2D eigenvalue weighted by molar-refractivity contribution is 6.10. The Morgan fingerprint density at radius 1 is 1.29 bits per heavy atom. The molecule has 0 fully saturated rings. The lowest BCUT2D eigenvalue weighted by molar-refractivity contribution is 0.0913. The van der Waals surface area contributed by atoms with Crippen molar-refractivity contribution in [3.8, 4) is 0 Å². The number of rotatable bonds is 0. The summed E-state index contributed by atoms with van der Waals surface area (Å²) in [6.07, 6.45) is 1.33. The van der Waals surface area contributed by atoms with Crippen LogP contribution in [0, 0.1) is 11.2 Å². The number of carbonyl (C=O) groups is 1. The van der Waals surface area contributed by atoms with E-state index in [0.29, 0.717) is 17.5 Å². The van der Waals surface area contributed by atoms with Crippen molar-refractivity contribution in [3.63, 3.8) is 0 Å². The maximum atomic E-state index is 13.6. The highest BCUT2D eigenvalue weighted by Gasteiger charge is 2.33. The highest BCUT2D eigenvalue weighted by atomic mass is 19.1. The minimum Gasteiger partial charge on any atom is -0.355 e.